The van der Waals surface area contributed by atoms with Gasteiger partial charge in [-0.3, -0.25) is 9.32 Å². The van der Waals surface area contributed by atoms with Crippen molar-refractivity contribution in [1.82, 2.24) is 0 Å². The Morgan fingerprint density at radius 1 is 0.979 bits per heavy atom. The summed E-state index contributed by atoms with van der Waals surface area (Å²) in [6.07, 6.45) is 2.49. The second kappa shape index (κ2) is 16.3. The zero-order valence-electron chi connectivity index (χ0n) is 30.1. The van der Waals surface area contributed by atoms with Crippen LogP contribution in [0.4, 0.5) is 0 Å². The highest BCUT2D eigenvalue weighted by Gasteiger charge is 2.63. The first-order valence-electron chi connectivity index (χ1n) is 17.5. The van der Waals surface area contributed by atoms with Crippen molar-refractivity contribution in [3.63, 3.8) is 0 Å². The van der Waals surface area contributed by atoms with E-state index in [4.69, 9.17) is 14.5 Å². The van der Waals surface area contributed by atoms with Gasteiger partial charge in [0.05, 0.1) is 58.1 Å². The number of ether oxygens (including phenoxy) is 1. The lowest BCUT2D eigenvalue weighted by Gasteiger charge is -2.56. The minimum Gasteiger partial charge on any atom is -1.00 e. The number of rotatable bonds is 10. The molecule has 1 saturated heterocycles. The van der Waals surface area contributed by atoms with Crippen LogP contribution >= 0.6 is 7.82 Å². The molecule has 0 amide bonds. The SMILES string of the molecule is CC[C@@H](C(C)C)[C@H](O)[C@@H](O)[C@@H](C)[C@H]1CC[C@H]2[C@@H]3COC(=O)[C@H]4C[C@H](O)[C@H](O)C[C@]4(C)[C@H]3CC[C@]12C.C[N+](C)(C)CCOP(=O)(O)O.[Cl-]. The number of fused-ring (bicyclic) bond motifs is 5. The minimum atomic E-state index is -4.26. The van der Waals surface area contributed by atoms with Gasteiger partial charge in [-0.05, 0) is 90.8 Å². The van der Waals surface area contributed by atoms with Crippen LogP contribution in [0.2, 0.25) is 0 Å². The Bertz CT molecular complexity index is 1070. The first-order valence-corrected chi connectivity index (χ1v) is 19.0. The average Bonchev–Trinajstić information content (AvgIpc) is 3.24. The Morgan fingerprint density at radius 2 is 1.57 bits per heavy atom. The molecule has 1 heterocycles. The number of likely N-dealkylation sites (N-methyl/N-ethyl adjacent to an activating group) is 1. The van der Waals surface area contributed by atoms with E-state index in [1.54, 1.807) is 0 Å². The molecule has 13 heteroatoms. The van der Waals surface area contributed by atoms with Gasteiger partial charge in [-0.2, -0.15) is 0 Å². The Morgan fingerprint density at radius 3 is 2.11 bits per heavy atom. The van der Waals surface area contributed by atoms with Crippen LogP contribution in [0.25, 0.3) is 0 Å². The summed E-state index contributed by atoms with van der Waals surface area (Å²) < 4.78 is 20.9. The van der Waals surface area contributed by atoms with Crippen molar-refractivity contribution in [1.29, 1.82) is 0 Å². The maximum absolute atomic E-state index is 13.0. The van der Waals surface area contributed by atoms with Crippen molar-refractivity contribution in [2.24, 2.45) is 58.2 Å². The Labute approximate surface area is 289 Å². The van der Waals surface area contributed by atoms with Gasteiger partial charge in [-0.15, -0.1) is 0 Å². The summed E-state index contributed by atoms with van der Waals surface area (Å²) in [6.45, 7) is 14.0. The van der Waals surface area contributed by atoms with Gasteiger partial charge in [0.25, 0.3) is 0 Å². The second-order valence-electron chi connectivity index (χ2n) is 16.9. The van der Waals surface area contributed by atoms with E-state index < -0.39 is 32.2 Å². The van der Waals surface area contributed by atoms with Gasteiger partial charge < -0.3 is 51.8 Å². The minimum absolute atomic E-state index is 0. The highest BCUT2D eigenvalue weighted by molar-refractivity contribution is 7.46. The van der Waals surface area contributed by atoms with E-state index in [1.165, 1.54) is 0 Å². The van der Waals surface area contributed by atoms with Gasteiger partial charge >= 0.3 is 13.8 Å². The van der Waals surface area contributed by atoms with Gasteiger partial charge in [-0.1, -0.05) is 48.0 Å². The van der Waals surface area contributed by atoms with Crippen LogP contribution in [0.5, 0.6) is 0 Å². The summed E-state index contributed by atoms with van der Waals surface area (Å²) in [5, 5.41) is 43.2. The molecule has 13 atom stereocenters. The summed E-state index contributed by atoms with van der Waals surface area (Å²) in [5.74, 6) is 1.01. The molecular weight excluding hydrogens is 649 g/mol. The fourth-order valence-electron chi connectivity index (χ4n) is 10.0. The lowest BCUT2D eigenvalue weighted by Crippen LogP contribution is -3.00. The quantitative estimate of drug-likeness (QED) is 0.107. The first-order chi connectivity index (χ1) is 21.1. The fraction of sp³-hybridized carbons (Fsp3) is 0.971. The highest BCUT2D eigenvalue weighted by atomic mass is 35.5. The van der Waals surface area contributed by atoms with Crippen LogP contribution in [-0.2, 0) is 18.6 Å². The van der Waals surface area contributed by atoms with Crippen LogP contribution in [-0.4, -0.2) is 106 Å². The molecule has 0 aromatic rings. The number of hydrogen-bond acceptors (Lipinski definition) is 8. The number of carbonyl (C=O) groups is 1. The molecule has 1 aliphatic heterocycles. The van der Waals surface area contributed by atoms with Crippen LogP contribution in [0.1, 0.15) is 86.5 Å². The third-order valence-electron chi connectivity index (χ3n) is 12.7. The third-order valence-corrected chi connectivity index (χ3v) is 13.3. The summed E-state index contributed by atoms with van der Waals surface area (Å²) >= 11 is 0. The zero-order chi connectivity index (χ0) is 35.0. The van der Waals surface area contributed by atoms with Crippen molar-refractivity contribution < 1.29 is 65.7 Å². The highest BCUT2D eigenvalue weighted by Crippen LogP contribution is 2.66. The maximum Gasteiger partial charge on any atom is 0.469 e. The van der Waals surface area contributed by atoms with E-state index >= 15 is 0 Å². The largest absolute Gasteiger partial charge is 1.00 e. The summed E-state index contributed by atoms with van der Waals surface area (Å²) in [6, 6.07) is 0. The number of esters is 1. The molecule has 4 aliphatic rings. The number of aliphatic hydroxyl groups excluding tert-OH is 4. The summed E-state index contributed by atoms with van der Waals surface area (Å²) in [5.41, 5.74) is -0.348. The smallest absolute Gasteiger partial charge is 0.469 e. The van der Waals surface area contributed by atoms with E-state index in [2.05, 4.69) is 46.1 Å². The van der Waals surface area contributed by atoms with E-state index in [9.17, 15) is 29.8 Å². The molecule has 0 bridgehead atoms. The molecule has 6 N–H and O–H groups in total. The molecule has 278 valence electrons. The lowest BCUT2D eigenvalue weighted by atomic mass is 9.48. The predicted octanol–water partition coefficient (Wildman–Crippen LogP) is 0.586. The molecule has 4 fully saturated rings. The number of halogens is 1. The molecule has 0 unspecified atom stereocenters. The number of aliphatic hydroxyl groups is 4. The van der Waals surface area contributed by atoms with Crippen LogP contribution in [0.3, 0.4) is 0 Å². The molecule has 11 nitrogen and oxygen atoms in total. The predicted molar refractivity (Wildman–Crippen MR) is 175 cm³/mol. The van der Waals surface area contributed by atoms with Gasteiger partial charge in [-0.25, -0.2) is 4.57 Å². The number of phosphoric ester groups is 1. The van der Waals surface area contributed by atoms with Crippen LogP contribution in [0, 0.1) is 58.2 Å². The first kappa shape index (κ1) is 42.8. The van der Waals surface area contributed by atoms with E-state index in [0.717, 1.165) is 32.1 Å². The van der Waals surface area contributed by atoms with Gasteiger partial charge in [0.1, 0.15) is 13.2 Å². The topological polar surface area (TPSA) is 174 Å². The van der Waals surface area contributed by atoms with E-state index in [1.807, 2.05) is 21.1 Å². The second-order valence-corrected chi connectivity index (χ2v) is 18.1. The van der Waals surface area contributed by atoms with Crippen LogP contribution in [0.15, 0.2) is 0 Å². The molecule has 0 radical (unpaired) electrons. The Balaban J connectivity index is 0.000000551. The number of quaternary nitrogens is 1. The number of cyclic esters (lactones) is 1. The molecule has 0 aromatic carbocycles. The monoisotopic (exact) mass is 713 g/mol. The van der Waals surface area contributed by atoms with Gasteiger partial charge in [0, 0.05) is 0 Å². The van der Waals surface area contributed by atoms with E-state index in [0.29, 0.717) is 41.8 Å². The lowest BCUT2D eigenvalue weighted by molar-refractivity contribution is -0.870. The molecule has 47 heavy (non-hydrogen) atoms. The van der Waals surface area contributed by atoms with Crippen molar-refractivity contribution in [3.8, 4) is 0 Å². The van der Waals surface area contributed by atoms with Crippen LogP contribution < -0.4 is 12.4 Å². The zero-order valence-corrected chi connectivity index (χ0v) is 31.7. The standard InChI is InChI=1S/C29H50O6.C5H14NO4P.ClH/c1-7-17(15(2)3)26(33)25(32)16(4)19-8-9-20-18-14-35-27(34)22-12-23(30)24(31)13-29(22,6)21(18)10-11-28(19,20)5;1-6(2,3)4-5-10-11(7,8)9;/h15-26,30-33H,7-14H2,1-6H3;4-5H2,1-3H3,(H-,7,8,9);1H/t16-,17-,18-,19+,20-,21-,22+,23-,24+,25-,26-,28+,29+;;/m0../s1. The molecule has 0 spiro atoms. The summed E-state index contributed by atoms with van der Waals surface area (Å²) in [4.78, 5) is 29.6. The molecule has 4 rings (SSSR count). The normalized spacial score (nSPS) is 38.2. The van der Waals surface area contributed by atoms with Gasteiger partial charge in [0.15, 0.2) is 0 Å². The fourth-order valence-corrected chi connectivity index (χ4v) is 10.4. The Hall–Kier alpha value is -0.330. The summed E-state index contributed by atoms with van der Waals surface area (Å²) in [7, 11) is 1.50. The molecular formula is C34H65ClNO10P. The Kier molecular flexibility index (Phi) is 14.9. The van der Waals surface area contributed by atoms with Crippen molar-refractivity contribution >= 4 is 13.8 Å². The van der Waals surface area contributed by atoms with Crippen molar-refractivity contribution in [3.05, 3.63) is 0 Å². The third kappa shape index (κ3) is 9.72. The number of hydrogen-bond donors (Lipinski definition) is 6. The van der Waals surface area contributed by atoms with Crippen molar-refractivity contribution in [2.75, 3.05) is 40.9 Å². The molecule has 3 saturated carbocycles. The maximum atomic E-state index is 13.0. The molecule has 3 aliphatic carbocycles. The van der Waals surface area contributed by atoms with Gasteiger partial charge in [0.2, 0.25) is 0 Å². The average molecular weight is 714 g/mol. The number of nitrogens with zero attached hydrogens (tertiary/aromatic N) is 1. The van der Waals surface area contributed by atoms with Crippen molar-refractivity contribution in [2.45, 2.75) is 111 Å². The van der Waals surface area contributed by atoms with E-state index in [-0.39, 0.29) is 71.8 Å². The molecule has 0 aromatic heterocycles. The number of carbonyl (C=O) groups excluding carboxylic acids is 1. The number of phosphoric acid groups is 1.